The highest BCUT2D eigenvalue weighted by molar-refractivity contribution is 6.10. The van der Waals surface area contributed by atoms with Crippen LogP contribution in [-0.2, 0) is 0 Å². The summed E-state index contributed by atoms with van der Waals surface area (Å²) in [6.07, 6.45) is 4.64. The summed E-state index contributed by atoms with van der Waals surface area (Å²) in [7, 11) is 0. The SMILES string of the molecule is CCCCCCOc1c(C)c2nonc2c2c(C)c(C)c3c(c12)=NC(C)(C)N=3. The van der Waals surface area contributed by atoms with Crippen molar-refractivity contribution in [2.24, 2.45) is 9.98 Å². The van der Waals surface area contributed by atoms with E-state index in [1.807, 2.05) is 20.8 Å². The van der Waals surface area contributed by atoms with Gasteiger partial charge in [-0.05, 0) is 62.5 Å². The fourth-order valence-corrected chi connectivity index (χ4v) is 4.08. The number of ether oxygens (including phenoxy) is 1. The van der Waals surface area contributed by atoms with E-state index in [4.69, 9.17) is 19.4 Å². The van der Waals surface area contributed by atoms with Crippen LogP contribution in [0.1, 0.15) is 63.1 Å². The van der Waals surface area contributed by atoms with E-state index in [-0.39, 0.29) is 0 Å². The van der Waals surface area contributed by atoms with Crippen LogP contribution in [0.4, 0.5) is 0 Å². The summed E-state index contributed by atoms with van der Waals surface area (Å²) in [5.41, 5.74) is 4.25. The van der Waals surface area contributed by atoms with E-state index in [1.54, 1.807) is 0 Å². The molecule has 0 unspecified atom stereocenters. The fraction of sp³-hybridized carbons (Fsp3) is 0.545. The lowest BCUT2D eigenvalue weighted by molar-refractivity contribution is 0.305. The molecular formula is C22H28N4O2. The van der Waals surface area contributed by atoms with Gasteiger partial charge >= 0.3 is 0 Å². The number of aromatic nitrogens is 2. The first-order chi connectivity index (χ1) is 13.4. The van der Waals surface area contributed by atoms with E-state index in [1.165, 1.54) is 19.3 Å². The molecule has 2 heterocycles. The van der Waals surface area contributed by atoms with Gasteiger partial charge in [-0.2, -0.15) is 0 Å². The molecule has 1 aliphatic heterocycles. The number of benzene rings is 2. The summed E-state index contributed by atoms with van der Waals surface area (Å²) in [5.74, 6) is 0.839. The smallest absolute Gasteiger partial charge is 0.146 e. The molecule has 0 N–H and O–H groups in total. The van der Waals surface area contributed by atoms with Crippen molar-refractivity contribution < 1.29 is 9.37 Å². The number of unbranched alkanes of at least 4 members (excludes halogenated alkanes) is 3. The van der Waals surface area contributed by atoms with Crippen LogP contribution < -0.4 is 15.5 Å². The highest BCUT2D eigenvalue weighted by atomic mass is 16.6. The molecule has 6 heteroatoms. The zero-order valence-electron chi connectivity index (χ0n) is 17.6. The molecule has 0 spiro atoms. The standard InChI is InChI=1S/C22H28N4O2/c1-7-8-9-10-11-27-21-14(4)18-20(26-28-25-18)15-12(2)13(3)17-19(16(15)21)24-22(5,6)23-17/h7-11H2,1-6H3. The van der Waals surface area contributed by atoms with Crippen LogP contribution in [-0.4, -0.2) is 22.6 Å². The van der Waals surface area contributed by atoms with Gasteiger partial charge in [-0.15, -0.1) is 0 Å². The molecule has 0 fully saturated rings. The van der Waals surface area contributed by atoms with Crippen molar-refractivity contribution in [3.05, 3.63) is 27.4 Å². The summed E-state index contributed by atoms with van der Waals surface area (Å²) in [5, 5.41) is 12.2. The third-order valence-electron chi connectivity index (χ3n) is 5.67. The van der Waals surface area contributed by atoms with Crippen LogP contribution in [0.25, 0.3) is 21.8 Å². The number of aryl methyl sites for hydroxylation is 2. The molecule has 1 aliphatic rings. The lowest BCUT2D eigenvalue weighted by Crippen LogP contribution is -2.27. The van der Waals surface area contributed by atoms with Crippen molar-refractivity contribution in [1.82, 2.24) is 10.3 Å². The average molecular weight is 380 g/mol. The Kier molecular flexibility index (Phi) is 4.60. The van der Waals surface area contributed by atoms with Crippen LogP contribution in [0.5, 0.6) is 5.75 Å². The zero-order chi connectivity index (χ0) is 20.1. The van der Waals surface area contributed by atoms with Gasteiger partial charge in [0.25, 0.3) is 0 Å². The minimum atomic E-state index is -0.475. The molecule has 0 amide bonds. The van der Waals surface area contributed by atoms with Gasteiger partial charge in [0, 0.05) is 10.9 Å². The van der Waals surface area contributed by atoms with E-state index in [2.05, 4.69) is 31.1 Å². The van der Waals surface area contributed by atoms with Crippen LogP contribution in [0.3, 0.4) is 0 Å². The quantitative estimate of drug-likeness (QED) is 0.599. The average Bonchev–Trinajstić information content (AvgIpc) is 3.25. The molecule has 6 nitrogen and oxygen atoms in total. The maximum absolute atomic E-state index is 6.35. The maximum Gasteiger partial charge on any atom is 0.146 e. The summed E-state index contributed by atoms with van der Waals surface area (Å²) in [6, 6.07) is 0. The first-order valence-corrected chi connectivity index (χ1v) is 10.2. The minimum Gasteiger partial charge on any atom is -0.492 e. The predicted molar refractivity (Wildman–Crippen MR) is 110 cm³/mol. The third kappa shape index (κ3) is 2.86. The molecule has 0 atom stereocenters. The van der Waals surface area contributed by atoms with Crippen LogP contribution in [0, 0.1) is 20.8 Å². The number of hydrogen-bond acceptors (Lipinski definition) is 6. The largest absolute Gasteiger partial charge is 0.492 e. The van der Waals surface area contributed by atoms with Gasteiger partial charge in [0.05, 0.1) is 22.7 Å². The summed E-state index contributed by atoms with van der Waals surface area (Å²) < 4.78 is 11.5. The highest BCUT2D eigenvalue weighted by Crippen LogP contribution is 2.37. The first kappa shape index (κ1) is 18.8. The van der Waals surface area contributed by atoms with Gasteiger partial charge in [0.2, 0.25) is 0 Å². The second-order valence-corrected chi connectivity index (χ2v) is 8.24. The second-order valence-electron chi connectivity index (χ2n) is 8.24. The van der Waals surface area contributed by atoms with E-state index < -0.39 is 5.66 Å². The van der Waals surface area contributed by atoms with Crippen LogP contribution in [0.15, 0.2) is 14.6 Å². The fourth-order valence-electron chi connectivity index (χ4n) is 4.08. The molecule has 0 saturated heterocycles. The summed E-state index contributed by atoms with van der Waals surface area (Å²) in [6.45, 7) is 13.2. The van der Waals surface area contributed by atoms with Gasteiger partial charge in [-0.3, -0.25) is 9.98 Å². The molecule has 3 aromatic rings. The Labute approximate surface area is 164 Å². The molecule has 148 valence electrons. The molecule has 0 saturated carbocycles. The van der Waals surface area contributed by atoms with Crippen LogP contribution >= 0.6 is 0 Å². The molecular weight excluding hydrogens is 352 g/mol. The molecule has 1 aromatic heterocycles. The molecule has 0 radical (unpaired) electrons. The number of fused-ring (bicyclic) bond motifs is 5. The normalized spacial score (nSPS) is 14.9. The van der Waals surface area contributed by atoms with Crippen molar-refractivity contribution >= 4 is 21.8 Å². The van der Waals surface area contributed by atoms with Gasteiger partial charge in [-0.1, -0.05) is 26.2 Å². The van der Waals surface area contributed by atoms with E-state index in [0.717, 1.165) is 61.4 Å². The Hall–Kier alpha value is -2.50. The molecule has 0 bridgehead atoms. The van der Waals surface area contributed by atoms with E-state index in [9.17, 15) is 0 Å². The van der Waals surface area contributed by atoms with Crippen molar-refractivity contribution in [3.63, 3.8) is 0 Å². The Morgan fingerprint density at radius 1 is 0.821 bits per heavy atom. The number of hydrogen-bond donors (Lipinski definition) is 0. The van der Waals surface area contributed by atoms with E-state index >= 15 is 0 Å². The lowest BCUT2D eigenvalue weighted by Gasteiger charge is -2.15. The summed E-state index contributed by atoms with van der Waals surface area (Å²) >= 11 is 0. The van der Waals surface area contributed by atoms with Gasteiger partial charge in [-0.25, -0.2) is 4.63 Å². The van der Waals surface area contributed by atoms with E-state index in [0.29, 0.717) is 6.61 Å². The highest BCUT2D eigenvalue weighted by Gasteiger charge is 2.27. The molecule has 2 aromatic carbocycles. The monoisotopic (exact) mass is 380 g/mol. The Bertz CT molecular complexity index is 1190. The predicted octanol–water partition coefficient (Wildman–Crippen LogP) is 4.25. The second kappa shape index (κ2) is 6.83. The first-order valence-electron chi connectivity index (χ1n) is 10.2. The zero-order valence-corrected chi connectivity index (χ0v) is 17.6. The Morgan fingerprint density at radius 2 is 1.54 bits per heavy atom. The lowest BCUT2D eigenvalue weighted by atomic mass is 9.95. The summed E-state index contributed by atoms with van der Waals surface area (Å²) in [4.78, 5) is 9.81. The van der Waals surface area contributed by atoms with Crippen molar-refractivity contribution in [2.75, 3.05) is 6.61 Å². The van der Waals surface area contributed by atoms with Crippen molar-refractivity contribution in [1.29, 1.82) is 0 Å². The molecule has 4 rings (SSSR count). The van der Waals surface area contributed by atoms with Gasteiger partial charge < -0.3 is 4.74 Å². The molecule has 28 heavy (non-hydrogen) atoms. The molecule has 0 aliphatic carbocycles. The number of nitrogens with zero attached hydrogens (tertiary/aromatic N) is 4. The van der Waals surface area contributed by atoms with Crippen molar-refractivity contribution in [2.45, 2.75) is 72.9 Å². The minimum absolute atomic E-state index is 0.475. The maximum atomic E-state index is 6.35. The van der Waals surface area contributed by atoms with Crippen LogP contribution in [0.2, 0.25) is 0 Å². The van der Waals surface area contributed by atoms with Gasteiger partial charge in [0.1, 0.15) is 22.4 Å². The topological polar surface area (TPSA) is 72.9 Å². The Morgan fingerprint density at radius 3 is 2.29 bits per heavy atom. The van der Waals surface area contributed by atoms with Crippen molar-refractivity contribution in [3.8, 4) is 5.75 Å². The Balaban J connectivity index is 2.03. The third-order valence-corrected chi connectivity index (χ3v) is 5.67. The number of rotatable bonds is 6. The van der Waals surface area contributed by atoms with Gasteiger partial charge in [0.15, 0.2) is 0 Å².